The maximum atomic E-state index is 5.66. The third-order valence-electron chi connectivity index (χ3n) is 4.58. The van der Waals surface area contributed by atoms with Gasteiger partial charge in [0.05, 0.1) is 11.0 Å². The van der Waals surface area contributed by atoms with Crippen molar-refractivity contribution in [1.82, 2.24) is 20.2 Å². The number of aliphatic imine (C=N–C) groups is 1. The Labute approximate surface area is 179 Å². The summed E-state index contributed by atoms with van der Waals surface area (Å²) in [6, 6.07) is 8.27. The molecule has 0 atom stereocenters. The zero-order valence-electron chi connectivity index (χ0n) is 16.4. The number of aromatic nitrogens is 2. The number of benzene rings is 1. The van der Waals surface area contributed by atoms with Gasteiger partial charge in [-0.3, -0.25) is 4.99 Å². The highest BCUT2D eigenvalue weighted by molar-refractivity contribution is 14.0. The summed E-state index contributed by atoms with van der Waals surface area (Å²) >= 11 is 0. The molecule has 0 aliphatic heterocycles. The Balaban J connectivity index is 0.00000261. The summed E-state index contributed by atoms with van der Waals surface area (Å²) in [7, 11) is 0. The molecule has 2 aromatic rings. The zero-order valence-corrected chi connectivity index (χ0v) is 18.7. The van der Waals surface area contributed by atoms with Crippen LogP contribution in [0.1, 0.15) is 32.0 Å². The molecule has 1 aliphatic rings. The number of ether oxygens (including phenoxy) is 1. The average molecular weight is 485 g/mol. The van der Waals surface area contributed by atoms with Gasteiger partial charge in [0.2, 0.25) is 0 Å². The van der Waals surface area contributed by atoms with Gasteiger partial charge in [-0.25, -0.2) is 4.98 Å². The summed E-state index contributed by atoms with van der Waals surface area (Å²) in [5.41, 5.74) is 2.23. The summed E-state index contributed by atoms with van der Waals surface area (Å²) in [5, 5.41) is 6.73. The Kier molecular flexibility index (Phi) is 9.33. The Bertz CT molecular complexity index is 726. The summed E-state index contributed by atoms with van der Waals surface area (Å²) in [5.74, 6) is 2.75. The van der Waals surface area contributed by atoms with E-state index < -0.39 is 0 Å². The second kappa shape index (κ2) is 11.5. The molecule has 1 heterocycles. The lowest BCUT2D eigenvalue weighted by Gasteiger charge is -2.13. The van der Waals surface area contributed by atoms with Crippen LogP contribution >= 0.6 is 24.0 Å². The van der Waals surface area contributed by atoms with Crippen molar-refractivity contribution in [2.75, 3.05) is 32.8 Å². The molecular formula is C20H32IN5O. The highest BCUT2D eigenvalue weighted by Crippen LogP contribution is 2.28. The molecule has 0 spiro atoms. The first-order valence-corrected chi connectivity index (χ1v) is 9.79. The molecule has 0 amide bonds. The van der Waals surface area contributed by atoms with Gasteiger partial charge in [-0.05, 0) is 51.2 Å². The fraction of sp³-hybridized carbons (Fsp3) is 0.600. The van der Waals surface area contributed by atoms with Crippen LogP contribution in [0.3, 0.4) is 0 Å². The minimum Gasteiger partial charge on any atom is -0.381 e. The lowest BCUT2D eigenvalue weighted by molar-refractivity contribution is 0.123. The van der Waals surface area contributed by atoms with E-state index in [0.717, 1.165) is 69.0 Å². The maximum Gasteiger partial charge on any atom is 0.191 e. The van der Waals surface area contributed by atoms with E-state index in [2.05, 4.69) is 57.2 Å². The van der Waals surface area contributed by atoms with Crippen molar-refractivity contribution < 1.29 is 4.74 Å². The van der Waals surface area contributed by atoms with Crippen LogP contribution in [0.4, 0.5) is 0 Å². The third kappa shape index (κ3) is 6.95. The van der Waals surface area contributed by atoms with E-state index in [1.165, 1.54) is 18.4 Å². The predicted octanol–water partition coefficient (Wildman–Crippen LogP) is 3.33. The summed E-state index contributed by atoms with van der Waals surface area (Å²) in [6.07, 6.45) is 3.66. The van der Waals surface area contributed by atoms with Gasteiger partial charge in [0.25, 0.3) is 0 Å². The van der Waals surface area contributed by atoms with Crippen LogP contribution in [0.2, 0.25) is 0 Å². The minimum atomic E-state index is 0. The normalized spacial score (nSPS) is 14.2. The summed E-state index contributed by atoms with van der Waals surface area (Å²) in [6.45, 7) is 9.20. The van der Waals surface area contributed by atoms with Gasteiger partial charge < -0.3 is 19.9 Å². The molecule has 1 aromatic carbocycles. The van der Waals surface area contributed by atoms with E-state index in [9.17, 15) is 0 Å². The highest BCUT2D eigenvalue weighted by Gasteiger charge is 2.20. The molecule has 0 radical (unpaired) electrons. The fourth-order valence-electron chi connectivity index (χ4n) is 3.00. The second-order valence-corrected chi connectivity index (χ2v) is 6.86. The van der Waals surface area contributed by atoms with Crippen molar-refractivity contribution in [3.05, 3.63) is 30.1 Å². The zero-order chi connectivity index (χ0) is 18.2. The lowest BCUT2D eigenvalue weighted by Crippen LogP contribution is -2.39. The Morgan fingerprint density at radius 1 is 1.30 bits per heavy atom. The number of aryl methyl sites for hydroxylation is 1. The first kappa shape index (κ1) is 21.9. The van der Waals surface area contributed by atoms with Gasteiger partial charge >= 0.3 is 0 Å². The van der Waals surface area contributed by atoms with Gasteiger partial charge in [0.15, 0.2) is 5.96 Å². The van der Waals surface area contributed by atoms with Crippen molar-refractivity contribution in [2.24, 2.45) is 10.9 Å². The average Bonchev–Trinajstić information content (AvgIpc) is 3.41. The summed E-state index contributed by atoms with van der Waals surface area (Å²) < 4.78 is 7.91. The molecule has 1 aliphatic carbocycles. The monoisotopic (exact) mass is 485 g/mol. The Morgan fingerprint density at radius 2 is 2.11 bits per heavy atom. The van der Waals surface area contributed by atoms with E-state index in [0.29, 0.717) is 0 Å². The first-order chi connectivity index (χ1) is 12.8. The van der Waals surface area contributed by atoms with Crippen molar-refractivity contribution in [3.63, 3.8) is 0 Å². The van der Waals surface area contributed by atoms with Crippen LogP contribution in [0.5, 0.6) is 0 Å². The van der Waals surface area contributed by atoms with Crippen molar-refractivity contribution >= 4 is 41.0 Å². The molecule has 1 aromatic heterocycles. The lowest BCUT2D eigenvalue weighted by atomic mass is 10.3. The number of rotatable bonds is 10. The van der Waals surface area contributed by atoms with E-state index in [-0.39, 0.29) is 24.0 Å². The standard InChI is InChI=1S/C20H31N5O.HI/c1-3-21-20(22-11-6-14-26-15-17-9-10-17)23-12-13-25-16(2)24-18-7-4-5-8-19(18)25;/h4-5,7-8,17H,3,6,9-15H2,1-2H3,(H2,21,22,23);1H. The quantitative estimate of drug-likeness (QED) is 0.235. The van der Waals surface area contributed by atoms with E-state index in [1.54, 1.807) is 0 Å². The number of nitrogens with one attached hydrogen (secondary N) is 2. The number of hydrogen-bond acceptors (Lipinski definition) is 3. The van der Waals surface area contributed by atoms with Gasteiger partial charge in [0.1, 0.15) is 5.82 Å². The molecule has 1 saturated carbocycles. The number of fused-ring (bicyclic) bond motifs is 1. The van der Waals surface area contributed by atoms with Crippen LogP contribution in [-0.4, -0.2) is 48.4 Å². The van der Waals surface area contributed by atoms with Crippen LogP contribution in [-0.2, 0) is 11.3 Å². The van der Waals surface area contributed by atoms with E-state index in [1.807, 2.05) is 6.07 Å². The molecule has 0 saturated heterocycles. The fourth-order valence-corrected chi connectivity index (χ4v) is 3.00. The van der Waals surface area contributed by atoms with Crippen molar-refractivity contribution in [1.29, 1.82) is 0 Å². The highest BCUT2D eigenvalue weighted by atomic mass is 127. The molecule has 6 nitrogen and oxygen atoms in total. The summed E-state index contributed by atoms with van der Waals surface area (Å²) in [4.78, 5) is 9.26. The van der Waals surface area contributed by atoms with E-state index in [4.69, 9.17) is 4.74 Å². The number of guanidine groups is 1. The smallest absolute Gasteiger partial charge is 0.191 e. The molecule has 150 valence electrons. The van der Waals surface area contributed by atoms with Crippen LogP contribution in [0.15, 0.2) is 29.3 Å². The minimum absolute atomic E-state index is 0. The van der Waals surface area contributed by atoms with Crippen molar-refractivity contribution in [3.8, 4) is 0 Å². The second-order valence-electron chi connectivity index (χ2n) is 6.86. The first-order valence-electron chi connectivity index (χ1n) is 9.79. The van der Waals surface area contributed by atoms with Gasteiger partial charge in [-0.1, -0.05) is 12.1 Å². The molecule has 2 N–H and O–H groups in total. The molecule has 27 heavy (non-hydrogen) atoms. The van der Waals surface area contributed by atoms with Crippen LogP contribution in [0.25, 0.3) is 11.0 Å². The Hall–Kier alpha value is -1.35. The number of nitrogens with zero attached hydrogens (tertiary/aromatic N) is 3. The molecule has 0 unspecified atom stereocenters. The van der Waals surface area contributed by atoms with Crippen molar-refractivity contribution in [2.45, 2.75) is 39.7 Å². The molecule has 0 bridgehead atoms. The topological polar surface area (TPSA) is 63.5 Å². The van der Waals surface area contributed by atoms with Gasteiger partial charge in [-0.15, -0.1) is 24.0 Å². The third-order valence-corrected chi connectivity index (χ3v) is 4.58. The predicted molar refractivity (Wildman–Crippen MR) is 122 cm³/mol. The number of hydrogen-bond donors (Lipinski definition) is 2. The number of para-hydroxylation sites is 2. The van der Waals surface area contributed by atoms with Crippen LogP contribution < -0.4 is 10.6 Å². The largest absolute Gasteiger partial charge is 0.381 e. The SMILES string of the molecule is CCNC(=NCCCOCC1CC1)NCCn1c(C)nc2ccccc21.I. The number of imidazole rings is 1. The van der Waals surface area contributed by atoms with Crippen LogP contribution in [0, 0.1) is 12.8 Å². The van der Waals surface area contributed by atoms with Gasteiger partial charge in [0, 0.05) is 39.4 Å². The van der Waals surface area contributed by atoms with E-state index >= 15 is 0 Å². The molecular weight excluding hydrogens is 453 g/mol. The molecule has 1 fully saturated rings. The molecule has 3 rings (SSSR count). The van der Waals surface area contributed by atoms with Gasteiger partial charge in [-0.2, -0.15) is 0 Å². The number of halogens is 1. The molecule has 7 heteroatoms. The maximum absolute atomic E-state index is 5.66. The Morgan fingerprint density at radius 3 is 2.89 bits per heavy atom.